The zero-order valence-electron chi connectivity index (χ0n) is 34.4. The number of hydrogen-bond donors (Lipinski definition) is 0. The van der Waals surface area contributed by atoms with Gasteiger partial charge in [0, 0.05) is 28.1 Å². The lowest BCUT2D eigenvalue weighted by Gasteiger charge is -2.36. The van der Waals surface area contributed by atoms with Crippen molar-refractivity contribution >= 4 is 17.1 Å². The Labute approximate surface area is 367 Å². The van der Waals surface area contributed by atoms with Gasteiger partial charge in [-0.1, -0.05) is 194 Å². The summed E-state index contributed by atoms with van der Waals surface area (Å²) in [6.45, 7) is 0. The van der Waals surface area contributed by atoms with Crippen molar-refractivity contribution in [1.29, 1.82) is 0 Å². The predicted octanol–water partition coefficient (Wildman–Crippen LogP) is 16.3. The largest absolute Gasteiger partial charge is 0.456 e. The van der Waals surface area contributed by atoms with E-state index in [9.17, 15) is 0 Å². The van der Waals surface area contributed by atoms with E-state index >= 15 is 0 Å². The molecule has 3 aliphatic rings. The van der Waals surface area contributed by atoms with E-state index in [0.29, 0.717) is 0 Å². The zero-order valence-corrected chi connectivity index (χ0v) is 34.4. The molecule has 10 aromatic carbocycles. The lowest BCUT2D eigenvalue weighted by molar-refractivity contribution is 0.488. The molecular formula is C61H39NO. The van der Waals surface area contributed by atoms with Crippen LogP contribution in [-0.4, -0.2) is 0 Å². The third-order valence-corrected chi connectivity index (χ3v) is 13.5. The van der Waals surface area contributed by atoms with E-state index in [-0.39, 0.29) is 0 Å². The lowest BCUT2D eigenvalue weighted by Crippen LogP contribution is -2.29. The van der Waals surface area contributed by atoms with Crippen LogP contribution in [0.15, 0.2) is 237 Å². The summed E-state index contributed by atoms with van der Waals surface area (Å²) in [5, 5.41) is 0. The average Bonchev–Trinajstić information content (AvgIpc) is 3.50. The molecule has 0 radical (unpaired) electrons. The molecule has 2 aliphatic carbocycles. The van der Waals surface area contributed by atoms with E-state index in [1.54, 1.807) is 0 Å². The minimum Gasteiger partial charge on any atom is -0.456 e. The van der Waals surface area contributed by atoms with Crippen molar-refractivity contribution in [1.82, 2.24) is 0 Å². The number of para-hydroxylation sites is 2. The van der Waals surface area contributed by atoms with Crippen LogP contribution in [0.1, 0.15) is 22.3 Å². The van der Waals surface area contributed by atoms with E-state index in [0.717, 1.165) is 61.9 Å². The maximum Gasteiger partial charge on any atom is 0.135 e. The Kier molecular flexibility index (Phi) is 7.85. The second-order valence-corrected chi connectivity index (χ2v) is 16.7. The molecule has 0 aromatic heterocycles. The van der Waals surface area contributed by atoms with Gasteiger partial charge in [-0.15, -0.1) is 0 Å². The van der Waals surface area contributed by atoms with Gasteiger partial charge in [-0.05, 0) is 115 Å². The van der Waals surface area contributed by atoms with Crippen molar-refractivity contribution in [2.75, 3.05) is 4.90 Å². The van der Waals surface area contributed by atoms with Crippen LogP contribution in [0.5, 0.6) is 11.5 Å². The Hall–Kier alpha value is -8.20. The Bertz CT molecular complexity index is 3410. The summed E-state index contributed by atoms with van der Waals surface area (Å²) in [4.78, 5) is 2.46. The van der Waals surface area contributed by atoms with E-state index in [2.05, 4.69) is 235 Å². The molecule has 0 fully saturated rings. The molecule has 13 rings (SSSR count). The average molecular weight is 802 g/mol. The molecule has 0 bridgehead atoms. The van der Waals surface area contributed by atoms with E-state index in [1.807, 2.05) is 6.07 Å². The SMILES string of the molecule is c1ccc(-c2ccccc2N(c2ccc3c(c2)-c2ccccc2-c2ccccc2O3)c2ccc3c(c2)C2(c4ccccc4-c4ccccc4-3)c3ccccc3-c3ccccc32)cc1. The number of anilines is 3. The summed E-state index contributed by atoms with van der Waals surface area (Å²) in [6.07, 6.45) is 0. The highest BCUT2D eigenvalue weighted by atomic mass is 16.5. The van der Waals surface area contributed by atoms with Crippen molar-refractivity contribution in [2.24, 2.45) is 0 Å². The molecule has 2 nitrogen and oxygen atoms in total. The fraction of sp³-hybridized carbons (Fsp3) is 0.0164. The van der Waals surface area contributed by atoms with Gasteiger partial charge in [-0.2, -0.15) is 0 Å². The maximum atomic E-state index is 6.79. The number of ether oxygens (including phenoxy) is 1. The van der Waals surface area contributed by atoms with Crippen molar-refractivity contribution in [3.05, 3.63) is 259 Å². The van der Waals surface area contributed by atoms with Crippen LogP contribution >= 0.6 is 0 Å². The monoisotopic (exact) mass is 801 g/mol. The number of nitrogens with zero attached hydrogens (tertiary/aromatic N) is 1. The van der Waals surface area contributed by atoms with E-state index in [1.165, 1.54) is 55.6 Å². The molecule has 0 saturated carbocycles. The third-order valence-electron chi connectivity index (χ3n) is 13.5. The zero-order chi connectivity index (χ0) is 41.5. The molecule has 63 heavy (non-hydrogen) atoms. The molecule has 0 saturated heterocycles. The van der Waals surface area contributed by atoms with Gasteiger partial charge in [-0.3, -0.25) is 0 Å². The Morgan fingerprint density at radius 2 is 0.683 bits per heavy atom. The summed E-state index contributed by atoms with van der Waals surface area (Å²) < 4.78 is 6.79. The van der Waals surface area contributed by atoms with Crippen LogP contribution in [0.25, 0.3) is 66.8 Å². The normalized spacial score (nSPS) is 13.0. The number of rotatable bonds is 4. The molecule has 1 heterocycles. The van der Waals surface area contributed by atoms with E-state index in [4.69, 9.17) is 4.74 Å². The number of hydrogen-bond acceptors (Lipinski definition) is 2. The summed E-state index contributed by atoms with van der Waals surface area (Å²) in [7, 11) is 0. The minimum absolute atomic E-state index is 0.606. The Balaban J connectivity index is 1.13. The maximum absolute atomic E-state index is 6.79. The van der Waals surface area contributed by atoms with Gasteiger partial charge in [0.05, 0.1) is 11.1 Å². The predicted molar refractivity (Wildman–Crippen MR) is 259 cm³/mol. The van der Waals surface area contributed by atoms with Gasteiger partial charge in [0.1, 0.15) is 11.5 Å². The van der Waals surface area contributed by atoms with E-state index < -0.39 is 5.41 Å². The molecule has 10 aromatic rings. The minimum atomic E-state index is -0.606. The van der Waals surface area contributed by atoms with Gasteiger partial charge < -0.3 is 9.64 Å². The summed E-state index contributed by atoms with van der Waals surface area (Å²) in [6, 6.07) is 86.8. The topological polar surface area (TPSA) is 12.5 Å². The van der Waals surface area contributed by atoms with Crippen molar-refractivity contribution in [3.8, 4) is 78.3 Å². The standard InChI is InChI=1S/C61H39NO/c1-2-18-40(19-3-1)43-20-11-16-32-58(43)62(41-35-37-60-53(38-41)47-24-7-6-23-46(47)52-28-12-17-33-59(52)63-60)42-34-36-51-45-22-5-4-21-44(45)48-25-8-13-29-54(48)61(57(51)39-42)55-30-14-9-26-49(55)50-27-10-15-31-56(50)61/h1-39H. The van der Waals surface area contributed by atoms with Gasteiger partial charge in [0.2, 0.25) is 0 Å². The molecule has 0 N–H and O–H groups in total. The first-order chi connectivity index (χ1) is 31.3. The molecular weight excluding hydrogens is 763 g/mol. The lowest BCUT2D eigenvalue weighted by atomic mass is 9.66. The first-order valence-electron chi connectivity index (χ1n) is 21.8. The van der Waals surface area contributed by atoms with Crippen molar-refractivity contribution in [2.45, 2.75) is 5.41 Å². The van der Waals surface area contributed by atoms with Gasteiger partial charge in [0.15, 0.2) is 0 Å². The molecule has 0 amide bonds. The molecule has 0 atom stereocenters. The molecule has 294 valence electrons. The van der Waals surface area contributed by atoms with Crippen LogP contribution < -0.4 is 9.64 Å². The van der Waals surface area contributed by atoms with Crippen LogP contribution in [-0.2, 0) is 5.41 Å². The van der Waals surface area contributed by atoms with Gasteiger partial charge in [0.25, 0.3) is 0 Å². The quantitative estimate of drug-likeness (QED) is 0.176. The third kappa shape index (κ3) is 5.19. The first kappa shape index (κ1) is 35.5. The van der Waals surface area contributed by atoms with Crippen molar-refractivity contribution < 1.29 is 4.74 Å². The first-order valence-corrected chi connectivity index (χ1v) is 21.8. The Morgan fingerprint density at radius 1 is 0.270 bits per heavy atom. The van der Waals surface area contributed by atoms with Crippen LogP contribution in [0.2, 0.25) is 0 Å². The van der Waals surface area contributed by atoms with Gasteiger partial charge >= 0.3 is 0 Å². The number of benzene rings is 10. The second kappa shape index (κ2) is 13.9. The smallest absolute Gasteiger partial charge is 0.135 e. The molecule has 1 aliphatic heterocycles. The van der Waals surface area contributed by atoms with Crippen LogP contribution in [0.4, 0.5) is 17.1 Å². The summed E-state index contributed by atoms with van der Waals surface area (Å²) in [5.41, 5.74) is 22.0. The van der Waals surface area contributed by atoms with Crippen molar-refractivity contribution in [3.63, 3.8) is 0 Å². The molecule has 1 spiro atoms. The number of fused-ring (bicyclic) bond motifs is 17. The van der Waals surface area contributed by atoms with Crippen LogP contribution in [0, 0.1) is 0 Å². The Morgan fingerprint density at radius 3 is 1.32 bits per heavy atom. The fourth-order valence-corrected chi connectivity index (χ4v) is 10.9. The van der Waals surface area contributed by atoms with Crippen LogP contribution in [0.3, 0.4) is 0 Å². The fourth-order valence-electron chi connectivity index (χ4n) is 10.9. The summed E-state index contributed by atoms with van der Waals surface area (Å²) >= 11 is 0. The highest BCUT2D eigenvalue weighted by molar-refractivity contribution is 6.00. The highest BCUT2D eigenvalue weighted by Gasteiger charge is 2.49. The summed E-state index contributed by atoms with van der Waals surface area (Å²) in [5.74, 6) is 1.69. The second-order valence-electron chi connectivity index (χ2n) is 16.7. The molecule has 2 heteroatoms. The molecule has 0 unspecified atom stereocenters. The highest BCUT2D eigenvalue weighted by Crippen LogP contribution is 2.62. The van der Waals surface area contributed by atoms with Gasteiger partial charge in [-0.25, -0.2) is 0 Å².